The van der Waals surface area contributed by atoms with Crippen molar-refractivity contribution in [2.24, 2.45) is 10.7 Å². The van der Waals surface area contributed by atoms with Gasteiger partial charge < -0.3 is 31.3 Å². The predicted octanol–water partition coefficient (Wildman–Crippen LogP) is 2.08. The number of amides is 2. The molecule has 6 rings (SSSR count). The zero-order valence-corrected chi connectivity index (χ0v) is 20.1. The summed E-state index contributed by atoms with van der Waals surface area (Å²) in [6, 6.07) is 4.25. The van der Waals surface area contributed by atoms with Gasteiger partial charge in [0, 0.05) is 31.3 Å². The molecule has 3 aliphatic heterocycles. The van der Waals surface area contributed by atoms with E-state index in [0.29, 0.717) is 37.6 Å². The van der Waals surface area contributed by atoms with Crippen molar-refractivity contribution in [2.45, 2.75) is 36.9 Å². The molecule has 2 bridgehead atoms. The summed E-state index contributed by atoms with van der Waals surface area (Å²) < 4.78 is 20.9. The monoisotopic (exact) mass is 513 g/mol. The lowest BCUT2D eigenvalue weighted by molar-refractivity contribution is -0.0343. The van der Waals surface area contributed by atoms with Crippen LogP contribution in [0.25, 0.3) is 0 Å². The number of nitrogens with one attached hydrogen (secondary N) is 3. The van der Waals surface area contributed by atoms with Crippen molar-refractivity contribution in [2.75, 3.05) is 31.6 Å². The molecule has 0 unspecified atom stereocenters. The van der Waals surface area contributed by atoms with Crippen molar-refractivity contribution < 1.29 is 18.7 Å². The van der Waals surface area contributed by atoms with Crippen molar-refractivity contribution in [1.29, 1.82) is 0 Å². The smallest absolute Gasteiger partial charge is 0.280 e. The van der Waals surface area contributed by atoms with E-state index in [9.17, 15) is 9.59 Å². The van der Waals surface area contributed by atoms with Crippen molar-refractivity contribution >= 4 is 40.9 Å². The number of aliphatic imine (C=N–C) groups is 1. The molecule has 1 saturated carbocycles. The average molecular weight is 514 g/mol. The highest BCUT2D eigenvalue weighted by atomic mass is 35.5. The standard InChI is InChI=1S/C24H25ClFN7O3/c25-18-15(22(35)33-11-24(27)9-14(33)10-36-24)3-4-28-20(18)31-19-16(12-1-2-12)7-13(8-17(19)26)21(34)32-23-29-5-6-30-23/h3-4,7-8,12,14H,1-2,5-6,9-11,27H2,(H,28,31)(H2,29,30,32,34)/t14-,24-/m0/s1. The number of morpholine rings is 1. The molecule has 0 radical (unpaired) electrons. The van der Waals surface area contributed by atoms with Gasteiger partial charge in [-0.3, -0.25) is 9.59 Å². The number of anilines is 2. The van der Waals surface area contributed by atoms with Gasteiger partial charge in [-0.05, 0) is 42.5 Å². The number of benzene rings is 1. The first kappa shape index (κ1) is 23.1. The van der Waals surface area contributed by atoms with Crippen LogP contribution in [0.4, 0.5) is 15.9 Å². The molecule has 5 N–H and O–H groups in total. The summed E-state index contributed by atoms with van der Waals surface area (Å²) in [5.74, 6) is -0.789. The number of hydrogen-bond donors (Lipinski definition) is 4. The van der Waals surface area contributed by atoms with E-state index in [2.05, 4.69) is 25.9 Å². The predicted molar refractivity (Wildman–Crippen MR) is 131 cm³/mol. The van der Waals surface area contributed by atoms with E-state index < -0.39 is 17.4 Å². The van der Waals surface area contributed by atoms with E-state index in [1.54, 1.807) is 11.0 Å². The second kappa shape index (κ2) is 8.68. The highest BCUT2D eigenvalue weighted by Gasteiger charge is 2.50. The number of carbonyl (C=O) groups is 2. The second-order valence-electron chi connectivity index (χ2n) is 9.63. The van der Waals surface area contributed by atoms with Gasteiger partial charge in [0.1, 0.15) is 17.4 Å². The molecule has 36 heavy (non-hydrogen) atoms. The van der Waals surface area contributed by atoms with E-state index in [1.807, 2.05) is 0 Å². The summed E-state index contributed by atoms with van der Waals surface area (Å²) in [6.07, 6.45) is 3.78. The molecule has 1 aliphatic carbocycles. The average Bonchev–Trinajstić information content (AvgIpc) is 3.28. The minimum Gasteiger partial charge on any atom is -0.357 e. The highest BCUT2D eigenvalue weighted by Crippen LogP contribution is 2.46. The Morgan fingerprint density at radius 2 is 2.08 bits per heavy atom. The van der Waals surface area contributed by atoms with Crippen LogP contribution in [0.15, 0.2) is 29.4 Å². The van der Waals surface area contributed by atoms with Crippen LogP contribution in [0.2, 0.25) is 5.02 Å². The van der Waals surface area contributed by atoms with Crippen LogP contribution in [0.5, 0.6) is 0 Å². The number of aromatic nitrogens is 1. The summed E-state index contributed by atoms with van der Waals surface area (Å²) >= 11 is 6.60. The maximum Gasteiger partial charge on any atom is 0.280 e. The molecule has 2 atom stereocenters. The van der Waals surface area contributed by atoms with Crippen LogP contribution in [0.3, 0.4) is 0 Å². The van der Waals surface area contributed by atoms with E-state index >= 15 is 4.39 Å². The number of pyridine rings is 1. The molecule has 2 aromatic rings. The minimum atomic E-state index is -0.822. The summed E-state index contributed by atoms with van der Waals surface area (Å²) in [4.78, 5) is 35.8. The molecule has 4 heterocycles. The largest absolute Gasteiger partial charge is 0.357 e. The third-order valence-corrected chi connectivity index (χ3v) is 7.34. The third-order valence-electron chi connectivity index (χ3n) is 6.96. The lowest BCUT2D eigenvalue weighted by Gasteiger charge is -2.30. The SMILES string of the molecule is N[C@@]12C[C@@H](CO1)N(C(=O)c1ccnc(Nc3c(F)cc(C(=O)N=C4NCCN4)cc3C3CC3)c1Cl)C2. The lowest BCUT2D eigenvalue weighted by atomic mass is 10.0. The van der Waals surface area contributed by atoms with E-state index in [4.69, 9.17) is 22.1 Å². The number of nitrogens with two attached hydrogens (primary N) is 1. The third kappa shape index (κ3) is 4.16. The molecular formula is C24H25ClFN7O3. The number of hydrogen-bond acceptors (Lipinski definition) is 6. The maximum atomic E-state index is 15.4. The molecule has 4 fully saturated rings. The van der Waals surface area contributed by atoms with Crippen LogP contribution in [-0.2, 0) is 4.74 Å². The summed E-state index contributed by atoms with van der Waals surface area (Å²) in [7, 11) is 0. The number of carbonyl (C=O) groups excluding carboxylic acids is 2. The zero-order chi connectivity index (χ0) is 25.0. The van der Waals surface area contributed by atoms with Gasteiger partial charge in [0.05, 0.1) is 35.5 Å². The fourth-order valence-corrected chi connectivity index (χ4v) is 5.22. The van der Waals surface area contributed by atoms with Crippen molar-refractivity contribution in [3.05, 3.63) is 51.9 Å². The summed E-state index contributed by atoms with van der Waals surface area (Å²) in [6.45, 7) is 2.01. The molecule has 10 nitrogen and oxygen atoms in total. The fraction of sp³-hybridized carbons (Fsp3) is 0.417. The maximum absolute atomic E-state index is 15.4. The highest BCUT2D eigenvalue weighted by molar-refractivity contribution is 6.36. The number of nitrogens with zero attached hydrogens (tertiary/aromatic N) is 3. The van der Waals surface area contributed by atoms with Crippen molar-refractivity contribution in [1.82, 2.24) is 20.5 Å². The number of rotatable bonds is 5. The van der Waals surface area contributed by atoms with Gasteiger partial charge in [-0.1, -0.05) is 11.6 Å². The van der Waals surface area contributed by atoms with Gasteiger partial charge in [0.25, 0.3) is 11.8 Å². The zero-order valence-electron chi connectivity index (χ0n) is 19.3. The van der Waals surface area contributed by atoms with Crippen molar-refractivity contribution in [3.8, 4) is 0 Å². The number of halogens is 2. The van der Waals surface area contributed by atoms with Gasteiger partial charge in [0.15, 0.2) is 5.96 Å². The first-order valence-corrected chi connectivity index (χ1v) is 12.3. The van der Waals surface area contributed by atoms with E-state index in [-0.39, 0.29) is 52.1 Å². The van der Waals surface area contributed by atoms with Crippen LogP contribution >= 0.6 is 11.6 Å². The van der Waals surface area contributed by atoms with Crippen LogP contribution < -0.4 is 21.7 Å². The topological polar surface area (TPSA) is 134 Å². The first-order valence-electron chi connectivity index (χ1n) is 11.9. The fourth-order valence-electron chi connectivity index (χ4n) is 4.98. The number of likely N-dealkylation sites (tertiary alicyclic amines) is 1. The van der Waals surface area contributed by atoms with Crippen LogP contribution in [0, 0.1) is 5.82 Å². The Hall–Kier alpha value is -3.28. The molecular weight excluding hydrogens is 489 g/mol. The molecule has 3 saturated heterocycles. The normalized spacial score (nSPS) is 24.5. The van der Waals surface area contributed by atoms with Gasteiger partial charge in [-0.2, -0.15) is 4.99 Å². The second-order valence-corrected chi connectivity index (χ2v) is 10.0. The Bertz CT molecular complexity index is 1290. The molecule has 4 aliphatic rings. The number of guanidine groups is 1. The Morgan fingerprint density at radius 3 is 2.75 bits per heavy atom. The molecule has 0 spiro atoms. The number of ether oxygens (including phenoxy) is 1. The van der Waals surface area contributed by atoms with E-state index in [0.717, 1.165) is 18.9 Å². The van der Waals surface area contributed by atoms with Crippen molar-refractivity contribution in [3.63, 3.8) is 0 Å². The minimum absolute atomic E-state index is 0.0864. The molecule has 12 heteroatoms. The Kier molecular flexibility index (Phi) is 5.58. The number of fused-ring (bicyclic) bond motifs is 2. The Labute approximate surface area is 211 Å². The Morgan fingerprint density at radius 1 is 1.31 bits per heavy atom. The van der Waals surface area contributed by atoms with Gasteiger partial charge in [0.2, 0.25) is 0 Å². The quantitative estimate of drug-likeness (QED) is 0.477. The molecule has 188 valence electrons. The summed E-state index contributed by atoms with van der Waals surface area (Å²) in [5.41, 5.74) is 6.59. The molecule has 1 aromatic carbocycles. The van der Waals surface area contributed by atoms with Crippen LogP contribution in [0.1, 0.15) is 51.5 Å². The van der Waals surface area contributed by atoms with E-state index in [1.165, 1.54) is 12.3 Å². The van der Waals surface area contributed by atoms with Crippen LogP contribution in [-0.4, -0.2) is 65.7 Å². The first-order chi connectivity index (χ1) is 17.3. The lowest BCUT2D eigenvalue weighted by Crippen LogP contribution is -2.50. The molecule has 1 aromatic heterocycles. The van der Waals surface area contributed by atoms with Gasteiger partial charge in [-0.15, -0.1) is 0 Å². The molecule has 2 amide bonds. The van der Waals surface area contributed by atoms with Gasteiger partial charge in [-0.25, -0.2) is 9.37 Å². The van der Waals surface area contributed by atoms with Gasteiger partial charge >= 0.3 is 0 Å². The Balaban J connectivity index is 1.29. The summed E-state index contributed by atoms with van der Waals surface area (Å²) in [5, 5.41) is 9.00.